The van der Waals surface area contributed by atoms with Gasteiger partial charge < -0.3 is 10.6 Å². The zero-order chi connectivity index (χ0) is 25.6. The predicted molar refractivity (Wildman–Crippen MR) is 139 cm³/mol. The number of carbonyl (C=O) groups excluding carboxylic acids is 2. The Hall–Kier alpha value is -3.65. The van der Waals surface area contributed by atoms with Crippen LogP contribution < -0.4 is 15.4 Å². The molecule has 3 N–H and O–H groups in total. The molecule has 184 valence electrons. The maximum Gasteiger partial charge on any atom is 0.261 e. The summed E-state index contributed by atoms with van der Waals surface area (Å²) < 4.78 is 27.9. The molecular formula is C27H31N3O4S. The minimum atomic E-state index is -3.73. The molecule has 0 bridgehead atoms. The highest BCUT2D eigenvalue weighted by Crippen LogP contribution is 2.19. The van der Waals surface area contributed by atoms with Crippen molar-refractivity contribution in [2.75, 3.05) is 10.0 Å². The number of aryl methyl sites for hydroxylation is 2. The first-order valence-electron chi connectivity index (χ1n) is 11.4. The number of rotatable bonds is 9. The second-order valence-corrected chi connectivity index (χ2v) is 10.6. The van der Waals surface area contributed by atoms with Gasteiger partial charge in [0.2, 0.25) is 5.91 Å². The van der Waals surface area contributed by atoms with Crippen molar-refractivity contribution in [1.29, 1.82) is 0 Å². The maximum atomic E-state index is 12.7. The van der Waals surface area contributed by atoms with Gasteiger partial charge in [-0.25, -0.2) is 8.42 Å². The molecule has 0 heterocycles. The molecule has 0 aliphatic heterocycles. The smallest absolute Gasteiger partial charge is 0.261 e. The Morgan fingerprint density at radius 3 is 2.23 bits per heavy atom. The van der Waals surface area contributed by atoms with Crippen LogP contribution in [-0.2, 0) is 21.4 Å². The SMILES string of the molecule is Cc1ccc(S(=O)(=O)Nc2ccc(C(=O)NCc3cccc(NC(=O)CC(C)C)c3)cc2)cc1C. The van der Waals surface area contributed by atoms with Crippen LogP contribution >= 0.6 is 0 Å². The van der Waals surface area contributed by atoms with Crippen molar-refractivity contribution in [3.63, 3.8) is 0 Å². The van der Waals surface area contributed by atoms with Crippen LogP contribution in [0.15, 0.2) is 71.6 Å². The lowest BCUT2D eigenvalue weighted by Crippen LogP contribution is -2.23. The number of benzene rings is 3. The number of hydrogen-bond donors (Lipinski definition) is 3. The summed E-state index contributed by atoms with van der Waals surface area (Å²) in [7, 11) is -3.73. The molecule has 0 aliphatic rings. The second kappa shape index (κ2) is 11.2. The fourth-order valence-electron chi connectivity index (χ4n) is 3.41. The lowest BCUT2D eigenvalue weighted by molar-refractivity contribution is -0.116. The lowest BCUT2D eigenvalue weighted by atomic mass is 10.1. The highest BCUT2D eigenvalue weighted by Gasteiger charge is 2.15. The third kappa shape index (κ3) is 7.42. The number of hydrogen-bond acceptors (Lipinski definition) is 4. The summed E-state index contributed by atoms with van der Waals surface area (Å²) >= 11 is 0. The molecule has 0 aliphatic carbocycles. The molecule has 8 heteroatoms. The first-order valence-corrected chi connectivity index (χ1v) is 12.9. The van der Waals surface area contributed by atoms with E-state index in [1.54, 1.807) is 48.5 Å². The molecule has 0 saturated heterocycles. The van der Waals surface area contributed by atoms with E-state index in [0.717, 1.165) is 16.7 Å². The van der Waals surface area contributed by atoms with E-state index in [-0.39, 0.29) is 29.2 Å². The first kappa shape index (κ1) is 26.0. The number of carbonyl (C=O) groups is 2. The van der Waals surface area contributed by atoms with E-state index in [2.05, 4.69) is 15.4 Å². The lowest BCUT2D eigenvalue weighted by Gasteiger charge is -2.11. The van der Waals surface area contributed by atoms with E-state index in [4.69, 9.17) is 0 Å². The second-order valence-electron chi connectivity index (χ2n) is 8.96. The van der Waals surface area contributed by atoms with Crippen molar-refractivity contribution in [2.24, 2.45) is 5.92 Å². The normalized spacial score (nSPS) is 11.2. The summed E-state index contributed by atoms with van der Waals surface area (Å²) in [5, 5.41) is 5.71. The van der Waals surface area contributed by atoms with Gasteiger partial charge in [0.05, 0.1) is 4.90 Å². The van der Waals surface area contributed by atoms with E-state index in [9.17, 15) is 18.0 Å². The molecule has 0 radical (unpaired) electrons. The molecule has 0 aromatic heterocycles. The summed E-state index contributed by atoms with van der Waals surface area (Å²) in [5.41, 5.74) is 4.21. The van der Waals surface area contributed by atoms with Crippen LogP contribution in [0.4, 0.5) is 11.4 Å². The van der Waals surface area contributed by atoms with Gasteiger partial charge >= 0.3 is 0 Å². The Labute approximate surface area is 207 Å². The van der Waals surface area contributed by atoms with Crippen LogP contribution in [-0.4, -0.2) is 20.2 Å². The third-order valence-electron chi connectivity index (χ3n) is 5.45. The Morgan fingerprint density at radius 1 is 0.857 bits per heavy atom. The van der Waals surface area contributed by atoms with Crippen LogP contribution in [0.2, 0.25) is 0 Å². The minimum absolute atomic E-state index is 0.0468. The van der Waals surface area contributed by atoms with E-state index in [0.29, 0.717) is 23.4 Å². The Morgan fingerprint density at radius 2 is 1.57 bits per heavy atom. The summed E-state index contributed by atoms with van der Waals surface area (Å²) in [5.74, 6) is -0.0665. The van der Waals surface area contributed by atoms with Gasteiger partial charge in [0.15, 0.2) is 0 Å². The van der Waals surface area contributed by atoms with E-state index in [1.165, 1.54) is 0 Å². The van der Waals surface area contributed by atoms with Crippen molar-refractivity contribution in [3.05, 3.63) is 89.0 Å². The molecule has 0 unspecified atom stereocenters. The third-order valence-corrected chi connectivity index (χ3v) is 6.82. The molecule has 0 fully saturated rings. The van der Waals surface area contributed by atoms with Crippen molar-refractivity contribution in [1.82, 2.24) is 5.32 Å². The highest BCUT2D eigenvalue weighted by molar-refractivity contribution is 7.92. The molecule has 35 heavy (non-hydrogen) atoms. The van der Waals surface area contributed by atoms with Gasteiger partial charge in [-0.3, -0.25) is 14.3 Å². The van der Waals surface area contributed by atoms with Gasteiger partial charge in [-0.2, -0.15) is 0 Å². The number of sulfonamides is 1. The standard InChI is InChI=1S/C27H31N3O4S/c1-18(2)14-26(31)29-24-7-5-6-21(16-24)17-28-27(32)22-9-11-23(12-10-22)30-35(33,34)25-13-8-19(3)20(4)15-25/h5-13,15-16,18,30H,14,17H2,1-4H3,(H,28,32)(H,29,31). The summed E-state index contributed by atoms with van der Waals surface area (Å²) in [4.78, 5) is 24.7. The van der Waals surface area contributed by atoms with Crippen molar-refractivity contribution >= 4 is 33.2 Å². The van der Waals surface area contributed by atoms with Crippen LogP contribution in [0, 0.1) is 19.8 Å². The molecule has 0 spiro atoms. The molecule has 3 rings (SSSR count). The largest absolute Gasteiger partial charge is 0.348 e. The highest BCUT2D eigenvalue weighted by atomic mass is 32.2. The molecule has 3 aromatic carbocycles. The van der Waals surface area contributed by atoms with E-state index in [1.807, 2.05) is 45.9 Å². The summed E-state index contributed by atoms with van der Waals surface area (Å²) in [6, 6.07) is 18.5. The Balaban J connectivity index is 1.59. The summed E-state index contributed by atoms with van der Waals surface area (Å²) in [6.45, 7) is 8.04. The molecule has 3 aromatic rings. The predicted octanol–water partition coefficient (Wildman–Crippen LogP) is 5.02. The average molecular weight is 494 g/mol. The average Bonchev–Trinajstić information content (AvgIpc) is 2.79. The van der Waals surface area contributed by atoms with Crippen LogP contribution in [0.3, 0.4) is 0 Å². The van der Waals surface area contributed by atoms with E-state index < -0.39 is 10.0 Å². The summed E-state index contributed by atoms with van der Waals surface area (Å²) in [6.07, 6.45) is 0.442. The first-order chi connectivity index (χ1) is 16.5. The van der Waals surface area contributed by atoms with Crippen LogP contribution in [0.1, 0.15) is 47.3 Å². The zero-order valence-corrected chi connectivity index (χ0v) is 21.2. The molecule has 0 atom stereocenters. The minimum Gasteiger partial charge on any atom is -0.348 e. The van der Waals surface area contributed by atoms with Crippen LogP contribution in [0.5, 0.6) is 0 Å². The number of amides is 2. The number of nitrogens with one attached hydrogen (secondary N) is 3. The Kier molecular flexibility index (Phi) is 8.30. The van der Waals surface area contributed by atoms with Gasteiger partial charge in [0.25, 0.3) is 15.9 Å². The monoisotopic (exact) mass is 493 g/mol. The van der Waals surface area contributed by atoms with Gasteiger partial charge in [-0.05, 0) is 85.0 Å². The fraction of sp³-hybridized carbons (Fsp3) is 0.259. The van der Waals surface area contributed by atoms with Crippen LogP contribution in [0.25, 0.3) is 0 Å². The number of anilines is 2. The van der Waals surface area contributed by atoms with Gasteiger partial charge in [0, 0.05) is 29.9 Å². The zero-order valence-electron chi connectivity index (χ0n) is 20.4. The molecule has 2 amide bonds. The van der Waals surface area contributed by atoms with Crippen molar-refractivity contribution < 1.29 is 18.0 Å². The van der Waals surface area contributed by atoms with Gasteiger partial charge in [0.1, 0.15) is 0 Å². The Bertz CT molecular complexity index is 1320. The fourth-order valence-corrected chi connectivity index (χ4v) is 4.55. The van der Waals surface area contributed by atoms with Gasteiger partial charge in [-0.1, -0.05) is 32.0 Å². The van der Waals surface area contributed by atoms with Crippen molar-refractivity contribution in [2.45, 2.75) is 45.6 Å². The maximum absolute atomic E-state index is 12.7. The molecule has 0 saturated carbocycles. The van der Waals surface area contributed by atoms with Gasteiger partial charge in [-0.15, -0.1) is 0 Å². The van der Waals surface area contributed by atoms with E-state index >= 15 is 0 Å². The van der Waals surface area contributed by atoms with Crippen molar-refractivity contribution in [3.8, 4) is 0 Å². The molecular weight excluding hydrogens is 462 g/mol. The quantitative estimate of drug-likeness (QED) is 0.389. The topological polar surface area (TPSA) is 104 Å². The molecule has 7 nitrogen and oxygen atoms in total.